The highest BCUT2D eigenvalue weighted by Crippen LogP contribution is 2.28. The zero-order valence-corrected chi connectivity index (χ0v) is 17.8. The largest absolute Gasteiger partial charge is 0.491 e. The van der Waals surface area contributed by atoms with Crippen LogP contribution in [0.1, 0.15) is 38.7 Å². The van der Waals surface area contributed by atoms with E-state index in [1.807, 2.05) is 38.1 Å². The highest BCUT2D eigenvalue weighted by Gasteiger charge is 2.32. The summed E-state index contributed by atoms with van der Waals surface area (Å²) < 4.78 is 19.6. The molecule has 0 aromatic heterocycles. The molecule has 1 saturated heterocycles. The van der Waals surface area contributed by atoms with Crippen LogP contribution in [0.25, 0.3) is 0 Å². The maximum Gasteiger partial charge on any atom is 0.127 e. The third-order valence-corrected chi connectivity index (χ3v) is 5.70. The zero-order valence-electron chi connectivity index (χ0n) is 17.8. The highest BCUT2D eigenvalue weighted by atomic mass is 19.1. The fraction of sp³-hybridized carbons (Fsp3) is 0.500. The van der Waals surface area contributed by atoms with Gasteiger partial charge in [-0.3, -0.25) is 4.90 Å². The number of ether oxygens (including phenoxy) is 1. The van der Waals surface area contributed by atoms with Crippen molar-refractivity contribution in [2.45, 2.75) is 51.4 Å². The molecular weight excluding hydrogens is 367 g/mol. The van der Waals surface area contributed by atoms with E-state index in [1.54, 1.807) is 6.07 Å². The van der Waals surface area contributed by atoms with Gasteiger partial charge in [0.1, 0.15) is 11.6 Å². The van der Waals surface area contributed by atoms with Gasteiger partial charge in [0, 0.05) is 44.5 Å². The van der Waals surface area contributed by atoms with Crippen molar-refractivity contribution in [3.63, 3.8) is 0 Å². The Labute approximate surface area is 173 Å². The van der Waals surface area contributed by atoms with E-state index in [4.69, 9.17) is 4.74 Å². The molecule has 5 heteroatoms. The fourth-order valence-corrected chi connectivity index (χ4v) is 3.80. The number of nitrogens with zero attached hydrogens (tertiary/aromatic N) is 2. The molecule has 0 unspecified atom stereocenters. The minimum Gasteiger partial charge on any atom is -0.491 e. The van der Waals surface area contributed by atoms with Crippen LogP contribution in [0, 0.1) is 5.82 Å². The molecule has 4 nitrogen and oxygen atoms in total. The Balaban J connectivity index is 1.46. The molecule has 0 radical (unpaired) electrons. The number of anilines is 1. The van der Waals surface area contributed by atoms with E-state index in [-0.39, 0.29) is 11.9 Å². The summed E-state index contributed by atoms with van der Waals surface area (Å²) in [7, 11) is 2.05. The van der Waals surface area contributed by atoms with Gasteiger partial charge < -0.3 is 14.7 Å². The van der Waals surface area contributed by atoms with Crippen molar-refractivity contribution >= 4 is 5.69 Å². The van der Waals surface area contributed by atoms with Gasteiger partial charge in [-0.2, -0.15) is 0 Å². The van der Waals surface area contributed by atoms with Crippen LogP contribution in [0.3, 0.4) is 0 Å². The van der Waals surface area contributed by atoms with E-state index >= 15 is 0 Å². The lowest BCUT2D eigenvalue weighted by Crippen LogP contribution is -2.45. The molecule has 0 aliphatic carbocycles. The van der Waals surface area contributed by atoms with E-state index in [0.29, 0.717) is 6.54 Å². The average molecular weight is 401 g/mol. The second-order valence-electron chi connectivity index (χ2n) is 8.42. The van der Waals surface area contributed by atoms with E-state index in [2.05, 4.69) is 29.0 Å². The van der Waals surface area contributed by atoms with Crippen molar-refractivity contribution in [3.05, 3.63) is 59.9 Å². The predicted octanol–water partition coefficient (Wildman–Crippen LogP) is 4.47. The molecule has 1 aliphatic rings. The molecule has 0 spiro atoms. The molecule has 158 valence electrons. The van der Waals surface area contributed by atoms with Crippen LogP contribution in [0.15, 0.2) is 48.5 Å². The zero-order chi connectivity index (χ0) is 20.9. The quantitative estimate of drug-likeness (QED) is 0.709. The molecule has 1 aliphatic heterocycles. The Morgan fingerprint density at radius 1 is 1.10 bits per heavy atom. The molecule has 0 atom stereocenters. The van der Waals surface area contributed by atoms with Gasteiger partial charge in [-0.1, -0.05) is 18.2 Å². The maximum atomic E-state index is 13.9. The number of likely N-dealkylation sites (tertiary alicyclic amines) is 1. The summed E-state index contributed by atoms with van der Waals surface area (Å²) >= 11 is 0. The van der Waals surface area contributed by atoms with Gasteiger partial charge in [0.2, 0.25) is 0 Å². The van der Waals surface area contributed by atoms with Crippen LogP contribution in [-0.2, 0) is 6.54 Å². The van der Waals surface area contributed by atoms with E-state index in [0.717, 1.165) is 55.9 Å². The van der Waals surface area contributed by atoms with Crippen LogP contribution in [0.5, 0.6) is 5.75 Å². The van der Waals surface area contributed by atoms with Gasteiger partial charge in [0.05, 0.1) is 11.7 Å². The summed E-state index contributed by atoms with van der Waals surface area (Å²) in [5, 5.41) is 11.0. The number of benzene rings is 2. The molecular formula is C24H33FN2O2. The van der Waals surface area contributed by atoms with Crippen LogP contribution in [0.4, 0.5) is 10.1 Å². The third kappa shape index (κ3) is 6.18. The highest BCUT2D eigenvalue weighted by molar-refractivity contribution is 5.48. The standard InChI is InChI=1S/C24H33FN2O2/c1-19(2)29-22-10-8-21(9-11-22)26(3)15-12-24(28)13-16-27(17-14-24)18-20-6-4-5-7-23(20)25/h4-11,19,28H,12-18H2,1-3H3. The lowest BCUT2D eigenvalue weighted by atomic mass is 9.88. The first-order chi connectivity index (χ1) is 13.8. The minimum absolute atomic E-state index is 0.153. The third-order valence-electron chi connectivity index (χ3n) is 5.70. The van der Waals surface area contributed by atoms with E-state index in [1.165, 1.54) is 6.07 Å². The summed E-state index contributed by atoms with van der Waals surface area (Å²) in [5.74, 6) is 0.720. The van der Waals surface area contributed by atoms with Crippen molar-refractivity contribution < 1.29 is 14.2 Å². The van der Waals surface area contributed by atoms with Gasteiger partial charge in [0.25, 0.3) is 0 Å². The predicted molar refractivity (Wildman–Crippen MR) is 116 cm³/mol. The minimum atomic E-state index is -0.652. The number of aliphatic hydroxyl groups is 1. The fourth-order valence-electron chi connectivity index (χ4n) is 3.80. The molecule has 2 aromatic carbocycles. The molecule has 1 fully saturated rings. The van der Waals surface area contributed by atoms with Crippen molar-refractivity contribution in [3.8, 4) is 5.75 Å². The van der Waals surface area contributed by atoms with Gasteiger partial charge in [0.15, 0.2) is 0 Å². The average Bonchev–Trinajstić information content (AvgIpc) is 2.70. The number of halogens is 1. The molecule has 29 heavy (non-hydrogen) atoms. The monoisotopic (exact) mass is 400 g/mol. The van der Waals surface area contributed by atoms with Gasteiger partial charge in [-0.15, -0.1) is 0 Å². The topological polar surface area (TPSA) is 35.9 Å². The molecule has 1 heterocycles. The first kappa shape index (κ1) is 21.6. The van der Waals surface area contributed by atoms with Crippen LogP contribution >= 0.6 is 0 Å². The Morgan fingerprint density at radius 2 is 1.76 bits per heavy atom. The second-order valence-corrected chi connectivity index (χ2v) is 8.42. The lowest BCUT2D eigenvalue weighted by Gasteiger charge is -2.39. The van der Waals surface area contributed by atoms with E-state index < -0.39 is 5.60 Å². The number of rotatable bonds is 8. The normalized spacial score (nSPS) is 16.8. The smallest absolute Gasteiger partial charge is 0.127 e. The van der Waals surface area contributed by atoms with E-state index in [9.17, 15) is 9.50 Å². The maximum absolute atomic E-state index is 13.9. The molecule has 2 aromatic rings. The second kappa shape index (κ2) is 9.59. The number of hydrogen-bond donors (Lipinski definition) is 1. The van der Waals surface area contributed by atoms with Crippen molar-refractivity contribution in [2.24, 2.45) is 0 Å². The Bertz CT molecular complexity index is 771. The SMILES string of the molecule is CC(C)Oc1ccc(N(C)CCC2(O)CCN(Cc3ccccc3F)CC2)cc1. The van der Waals surface area contributed by atoms with Crippen molar-refractivity contribution in [1.29, 1.82) is 0 Å². The Hall–Kier alpha value is -2.11. The van der Waals surface area contributed by atoms with Gasteiger partial charge in [-0.25, -0.2) is 4.39 Å². The first-order valence-electron chi connectivity index (χ1n) is 10.5. The van der Waals surface area contributed by atoms with Crippen LogP contribution in [-0.4, -0.2) is 48.4 Å². The summed E-state index contributed by atoms with van der Waals surface area (Å²) in [6.07, 6.45) is 2.32. The number of hydrogen-bond acceptors (Lipinski definition) is 4. The van der Waals surface area contributed by atoms with Gasteiger partial charge >= 0.3 is 0 Å². The summed E-state index contributed by atoms with van der Waals surface area (Å²) in [6.45, 7) is 7.00. The summed E-state index contributed by atoms with van der Waals surface area (Å²) in [5.41, 5.74) is 1.19. The van der Waals surface area contributed by atoms with Crippen LogP contribution < -0.4 is 9.64 Å². The molecule has 3 rings (SSSR count). The number of piperidine rings is 1. The van der Waals surface area contributed by atoms with Crippen LogP contribution in [0.2, 0.25) is 0 Å². The summed E-state index contributed by atoms with van der Waals surface area (Å²) in [4.78, 5) is 4.40. The van der Waals surface area contributed by atoms with Crippen molar-refractivity contribution in [2.75, 3.05) is 31.6 Å². The lowest BCUT2D eigenvalue weighted by molar-refractivity contribution is -0.0277. The summed E-state index contributed by atoms with van der Waals surface area (Å²) in [6, 6.07) is 15.0. The molecule has 0 saturated carbocycles. The van der Waals surface area contributed by atoms with Crippen molar-refractivity contribution in [1.82, 2.24) is 4.90 Å². The Morgan fingerprint density at radius 3 is 2.38 bits per heavy atom. The van der Waals surface area contributed by atoms with Gasteiger partial charge in [-0.05, 0) is 63.4 Å². The Kier molecular flexibility index (Phi) is 7.14. The first-order valence-corrected chi connectivity index (χ1v) is 10.5. The molecule has 0 amide bonds. The molecule has 0 bridgehead atoms. The molecule has 1 N–H and O–H groups in total.